The lowest BCUT2D eigenvalue weighted by Gasteiger charge is -2.24. The summed E-state index contributed by atoms with van der Waals surface area (Å²) in [7, 11) is -3.95. The molecule has 1 unspecified atom stereocenters. The molecule has 0 spiro atoms. The number of nitrogen functional groups attached to an aromatic ring is 1. The summed E-state index contributed by atoms with van der Waals surface area (Å²) >= 11 is 0. The summed E-state index contributed by atoms with van der Waals surface area (Å²) in [5.74, 6) is -0.823. The van der Waals surface area contributed by atoms with E-state index in [-0.39, 0.29) is 24.9 Å². The molecule has 1 atom stereocenters. The summed E-state index contributed by atoms with van der Waals surface area (Å²) in [5.41, 5.74) is 5.56. The maximum atomic E-state index is 13.8. The Morgan fingerprint density at radius 2 is 2.25 bits per heavy atom. The Bertz CT molecular complexity index is 551. The molecule has 1 aliphatic heterocycles. The maximum absolute atomic E-state index is 13.8. The summed E-state index contributed by atoms with van der Waals surface area (Å²) in [6.45, 7) is 2.83. The lowest BCUT2D eigenvalue weighted by molar-refractivity contribution is 0.0946. The van der Waals surface area contributed by atoms with Gasteiger partial charge in [0.05, 0.1) is 11.8 Å². The van der Waals surface area contributed by atoms with Gasteiger partial charge in [-0.05, 0) is 25.0 Å². The first-order valence-corrected chi connectivity index (χ1v) is 8.06. The molecule has 0 amide bonds. The molecule has 2 N–H and O–H groups in total. The minimum Gasteiger partial charge on any atom is -0.398 e. The van der Waals surface area contributed by atoms with Gasteiger partial charge in [0.1, 0.15) is 10.7 Å². The first-order valence-electron chi connectivity index (χ1n) is 6.62. The molecule has 5 nitrogen and oxygen atoms in total. The van der Waals surface area contributed by atoms with Crippen LogP contribution in [0.1, 0.15) is 19.8 Å². The highest BCUT2D eigenvalue weighted by atomic mass is 32.2. The van der Waals surface area contributed by atoms with Crippen molar-refractivity contribution in [2.45, 2.75) is 30.8 Å². The molecule has 0 saturated carbocycles. The highest BCUT2D eigenvalue weighted by Crippen LogP contribution is 2.26. The molecule has 1 aromatic carbocycles. The van der Waals surface area contributed by atoms with Crippen LogP contribution in [0.2, 0.25) is 0 Å². The second-order valence-electron chi connectivity index (χ2n) is 4.75. The molecule has 112 valence electrons. The number of ether oxygens (including phenoxy) is 1. The van der Waals surface area contributed by atoms with E-state index in [9.17, 15) is 12.8 Å². The molecule has 0 aromatic heterocycles. The van der Waals surface area contributed by atoms with Crippen LogP contribution in [0.3, 0.4) is 0 Å². The number of hydrogen-bond donors (Lipinski definition) is 1. The highest BCUT2D eigenvalue weighted by Gasteiger charge is 2.31. The van der Waals surface area contributed by atoms with Crippen molar-refractivity contribution in [2.24, 2.45) is 0 Å². The molecule has 1 heterocycles. The van der Waals surface area contributed by atoms with E-state index in [2.05, 4.69) is 0 Å². The topological polar surface area (TPSA) is 72.6 Å². The fourth-order valence-corrected chi connectivity index (χ4v) is 3.98. The van der Waals surface area contributed by atoms with Crippen molar-refractivity contribution in [3.05, 3.63) is 24.0 Å². The second-order valence-corrected chi connectivity index (χ2v) is 6.62. The number of sulfonamides is 1. The quantitative estimate of drug-likeness (QED) is 0.839. The molecule has 1 aromatic rings. The number of benzene rings is 1. The summed E-state index contributed by atoms with van der Waals surface area (Å²) in [4.78, 5) is -0.445. The predicted octanol–water partition coefficient (Wildman–Crippen LogP) is 1.60. The van der Waals surface area contributed by atoms with E-state index in [1.807, 2.05) is 0 Å². The third kappa shape index (κ3) is 2.94. The SMILES string of the molecule is CCN(CC1CCCO1)S(=O)(=O)c1c(N)cccc1F. The van der Waals surface area contributed by atoms with Crippen molar-refractivity contribution in [3.63, 3.8) is 0 Å². The van der Waals surface area contributed by atoms with Crippen molar-refractivity contribution >= 4 is 15.7 Å². The smallest absolute Gasteiger partial charge is 0.248 e. The van der Waals surface area contributed by atoms with E-state index in [1.54, 1.807) is 6.92 Å². The van der Waals surface area contributed by atoms with Crippen LogP contribution < -0.4 is 5.73 Å². The first kappa shape index (κ1) is 15.2. The predicted molar refractivity (Wildman–Crippen MR) is 74.2 cm³/mol. The Kier molecular flexibility index (Phi) is 4.62. The Morgan fingerprint density at radius 3 is 2.80 bits per heavy atom. The third-order valence-electron chi connectivity index (χ3n) is 3.38. The number of likely N-dealkylation sites (N-methyl/N-ethyl adjacent to an activating group) is 1. The number of anilines is 1. The van der Waals surface area contributed by atoms with Crippen molar-refractivity contribution in [3.8, 4) is 0 Å². The van der Waals surface area contributed by atoms with Crippen LogP contribution in [0.25, 0.3) is 0 Å². The zero-order valence-corrected chi connectivity index (χ0v) is 12.2. The van der Waals surface area contributed by atoms with Gasteiger partial charge in [0.25, 0.3) is 0 Å². The van der Waals surface area contributed by atoms with Crippen LogP contribution in [0.15, 0.2) is 23.1 Å². The molecule has 1 saturated heterocycles. The van der Waals surface area contributed by atoms with E-state index in [4.69, 9.17) is 10.5 Å². The second kappa shape index (κ2) is 6.07. The largest absolute Gasteiger partial charge is 0.398 e. The zero-order valence-electron chi connectivity index (χ0n) is 11.4. The molecule has 1 fully saturated rings. The van der Waals surface area contributed by atoms with Crippen molar-refractivity contribution in [1.82, 2.24) is 4.31 Å². The highest BCUT2D eigenvalue weighted by molar-refractivity contribution is 7.89. The Hall–Kier alpha value is -1.18. The van der Waals surface area contributed by atoms with E-state index in [0.717, 1.165) is 18.9 Å². The van der Waals surface area contributed by atoms with Gasteiger partial charge >= 0.3 is 0 Å². The molecule has 1 aliphatic rings. The van der Waals surface area contributed by atoms with Crippen molar-refractivity contribution in [1.29, 1.82) is 0 Å². The minimum atomic E-state index is -3.95. The molecule has 20 heavy (non-hydrogen) atoms. The lowest BCUT2D eigenvalue weighted by Crippen LogP contribution is -2.37. The summed E-state index contributed by atoms with van der Waals surface area (Å²) in [6, 6.07) is 3.87. The van der Waals surface area contributed by atoms with Gasteiger partial charge in [0.15, 0.2) is 0 Å². The van der Waals surface area contributed by atoms with Crippen LogP contribution >= 0.6 is 0 Å². The van der Waals surface area contributed by atoms with E-state index < -0.39 is 20.7 Å². The average Bonchev–Trinajstić information content (AvgIpc) is 2.88. The van der Waals surface area contributed by atoms with Gasteiger partial charge in [0, 0.05) is 19.7 Å². The first-order chi connectivity index (χ1) is 9.46. The minimum absolute atomic E-state index is 0.0733. The van der Waals surface area contributed by atoms with Gasteiger partial charge in [0.2, 0.25) is 10.0 Å². The molecule has 2 rings (SSSR count). The fraction of sp³-hybridized carbons (Fsp3) is 0.538. The summed E-state index contributed by atoms with van der Waals surface area (Å²) < 4.78 is 45.6. The van der Waals surface area contributed by atoms with Gasteiger partial charge in [-0.25, -0.2) is 12.8 Å². The molecule has 0 aliphatic carbocycles. The summed E-state index contributed by atoms with van der Waals surface area (Å²) in [6.07, 6.45) is 1.61. The number of halogens is 1. The van der Waals surface area contributed by atoms with Crippen LogP contribution in [0, 0.1) is 5.82 Å². The standard InChI is InChI=1S/C13H19FN2O3S/c1-2-16(9-10-5-4-8-19-10)20(17,18)13-11(14)6-3-7-12(13)15/h3,6-7,10H,2,4-5,8-9,15H2,1H3. The van der Waals surface area contributed by atoms with Gasteiger partial charge in [-0.15, -0.1) is 0 Å². The maximum Gasteiger partial charge on any atom is 0.248 e. The number of hydrogen-bond acceptors (Lipinski definition) is 4. The van der Waals surface area contributed by atoms with Gasteiger partial charge in [-0.3, -0.25) is 0 Å². The fourth-order valence-electron chi connectivity index (χ4n) is 2.34. The molecule has 7 heteroatoms. The number of nitrogens with zero attached hydrogens (tertiary/aromatic N) is 1. The zero-order chi connectivity index (χ0) is 14.8. The van der Waals surface area contributed by atoms with E-state index in [1.165, 1.54) is 16.4 Å². The van der Waals surface area contributed by atoms with Crippen LogP contribution in [-0.4, -0.2) is 38.5 Å². The molecular formula is C13H19FN2O3S. The van der Waals surface area contributed by atoms with E-state index in [0.29, 0.717) is 6.61 Å². The Balaban J connectivity index is 2.31. The Labute approximate surface area is 118 Å². The normalized spacial score (nSPS) is 19.6. The molecule has 0 bridgehead atoms. The lowest BCUT2D eigenvalue weighted by atomic mass is 10.2. The number of rotatable bonds is 5. The molecular weight excluding hydrogens is 283 g/mol. The van der Waals surface area contributed by atoms with Crippen LogP contribution in [-0.2, 0) is 14.8 Å². The third-order valence-corrected chi connectivity index (χ3v) is 5.41. The Morgan fingerprint density at radius 1 is 1.50 bits per heavy atom. The average molecular weight is 302 g/mol. The van der Waals surface area contributed by atoms with Crippen LogP contribution in [0.5, 0.6) is 0 Å². The monoisotopic (exact) mass is 302 g/mol. The van der Waals surface area contributed by atoms with Gasteiger partial charge < -0.3 is 10.5 Å². The van der Waals surface area contributed by atoms with Crippen molar-refractivity contribution in [2.75, 3.05) is 25.4 Å². The van der Waals surface area contributed by atoms with Gasteiger partial charge in [-0.1, -0.05) is 13.0 Å². The molecule has 0 radical (unpaired) electrons. The van der Waals surface area contributed by atoms with Gasteiger partial charge in [-0.2, -0.15) is 4.31 Å². The van der Waals surface area contributed by atoms with Crippen molar-refractivity contribution < 1.29 is 17.5 Å². The summed E-state index contributed by atoms with van der Waals surface area (Å²) in [5, 5.41) is 0. The van der Waals surface area contributed by atoms with Crippen LogP contribution in [0.4, 0.5) is 10.1 Å². The number of nitrogens with two attached hydrogens (primary N) is 1. The van der Waals surface area contributed by atoms with E-state index >= 15 is 0 Å².